The van der Waals surface area contributed by atoms with Crippen molar-refractivity contribution in [3.63, 3.8) is 0 Å². The van der Waals surface area contributed by atoms with Crippen LogP contribution in [0.5, 0.6) is 0 Å². The Hall–Kier alpha value is -1.50. The van der Waals surface area contributed by atoms with Gasteiger partial charge in [0.1, 0.15) is 6.61 Å². The van der Waals surface area contributed by atoms with E-state index in [0.717, 1.165) is 0 Å². The normalized spacial score (nSPS) is 8.75. The Morgan fingerprint density at radius 1 is 1.25 bits per heavy atom. The maximum Gasteiger partial charge on any atom is 0.550 e. The van der Waals surface area contributed by atoms with Crippen LogP contribution in [0.15, 0.2) is 0 Å². The molecule has 0 spiro atoms. The van der Waals surface area contributed by atoms with Crippen LogP contribution in [0.4, 0.5) is 9.59 Å². The maximum atomic E-state index is 10.3. The van der Waals surface area contributed by atoms with Gasteiger partial charge in [0.25, 0.3) is 0 Å². The maximum absolute atomic E-state index is 10.3. The summed E-state index contributed by atoms with van der Waals surface area (Å²) in [4.78, 5) is 27.1. The summed E-state index contributed by atoms with van der Waals surface area (Å²) in [5.74, 6) is 0. The Labute approximate surface area is 67.7 Å². The van der Waals surface area contributed by atoms with Crippen LogP contribution in [-0.4, -0.2) is 37.7 Å². The molecule has 7 heteroatoms. The third-order valence-corrected chi connectivity index (χ3v) is 0.688. The average molecular weight is 180 g/mol. The number of ether oxygens (including phenoxy) is 2. The molecule has 0 aliphatic carbocycles. The van der Waals surface area contributed by atoms with Crippen molar-refractivity contribution in [2.45, 2.75) is 0 Å². The summed E-state index contributed by atoms with van der Waals surface area (Å²) in [5, 5.41) is 7.85. The molecule has 7 nitrogen and oxygen atoms in total. The van der Waals surface area contributed by atoms with Crippen molar-refractivity contribution in [3.8, 4) is 0 Å². The Morgan fingerprint density at radius 3 is 2.42 bits per heavy atom. The first-order valence-corrected chi connectivity index (χ1v) is 2.90. The molecule has 0 rings (SSSR count). The second-order valence-corrected chi connectivity index (χ2v) is 1.52. The van der Waals surface area contributed by atoms with Crippen molar-refractivity contribution < 1.29 is 33.9 Å². The van der Waals surface area contributed by atoms with E-state index < -0.39 is 12.3 Å². The van der Waals surface area contributed by atoms with Crippen LogP contribution in [0.25, 0.3) is 0 Å². The molecule has 0 radical (unpaired) electrons. The van der Waals surface area contributed by atoms with Crippen LogP contribution in [0.1, 0.15) is 0 Å². The first-order valence-electron chi connectivity index (χ1n) is 2.90. The van der Waals surface area contributed by atoms with E-state index in [0.29, 0.717) is 0 Å². The molecular formula is C5H8O7. The first kappa shape index (κ1) is 10.5. The summed E-state index contributed by atoms with van der Waals surface area (Å²) < 4.78 is 8.79. The van der Waals surface area contributed by atoms with Gasteiger partial charge >= 0.3 is 12.3 Å². The smallest absolute Gasteiger partial charge is 0.447 e. The summed E-state index contributed by atoms with van der Waals surface area (Å²) in [6.45, 7) is 0.167. The minimum Gasteiger partial charge on any atom is -0.447 e. The van der Waals surface area contributed by atoms with Crippen molar-refractivity contribution in [1.29, 1.82) is 0 Å². The fourth-order valence-corrected chi connectivity index (χ4v) is 0.302. The molecule has 0 fully saturated rings. The topological polar surface area (TPSA) is 91.3 Å². The van der Waals surface area contributed by atoms with Crippen LogP contribution in [0.3, 0.4) is 0 Å². The van der Waals surface area contributed by atoms with Crippen LogP contribution in [-0.2, 0) is 19.2 Å². The lowest BCUT2D eigenvalue weighted by atomic mass is 10.8. The van der Waals surface area contributed by atoms with Gasteiger partial charge in [0, 0.05) is 7.11 Å². The van der Waals surface area contributed by atoms with Gasteiger partial charge in [-0.2, -0.15) is 9.68 Å². The fraction of sp³-hybridized carbons (Fsp3) is 0.600. The predicted molar refractivity (Wildman–Crippen MR) is 33.4 cm³/mol. The molecule has 0 aromatic rings. The van der Waals surface area contributed by atoms with E-state index >= 15 is 0 Å². The number of hydrogen-bond donors (Lipinski definition) is 1. The van der Waals surface area contributed by atoms with Gasteiger partial charge in [-0.05, 0) is 0 Å². The summed E-state index contributed by atoms with van der Waals surface area (Å²) in [6, 6.07) is 0. The number of rotatable bonds is 3. The van der Waals surface area contributed by atoms with E-state index in [4.69, 9.17) is 5.11 Å². The van der Waals surface area contributed by atoms with Gasteiger partial charge in [0.05, 0.1) is 6.61 Å². The van der Waals surface area contributed by atoms with E-state index in [-0.39, 0.29) is 13.2 Å². The predicted octanol–water partition coefficient (Wildman–Crippen LogP) is 0.396. The molecule has 0 saturated heterocycles. The van der Waals surface area contributed by atoms with E-state index in [1.807, 2.05) is 0 Å². The zero-order chi connectivity index (χ0) is 9.40. The van der Waals surface area contributed by atoms with Gasteiger partial charge in [0.15, 0.2) is 0 Å². The molecule has 0 saturated carbocycles. The van der Waals surface area contributed by atoms with Gasteiger partial charge in [-0.25, -0.2) is 9.68 Å². The van der Waals surface area contributed by atoms with E-state index in [2.05, 4.69) is 19.2 Å². The molecule has 70 valence electrons. The quantitative estimate of drug-likeness (QED) is 0.290. The Balaban J connectivity index is 3.28. The third-order valence-electron chi connectivity index (χ3n) is 0.688. The SMILES string of the molecule is COCCOC(=O)OOC(=O)O. The van der Waals surface area contributed by atoms with Crippen molar-refractivity contribution in [1.82, 2.24) is 0 Å². The van der Waals surface area contributed by atoms with E-state index in [1.54, 1.807) is 0 Å². The first-order chi connectivity index (χ1) is 5.66. The van der Waals surface area contributed by atoms with Crippen molar-refractivity contribution in [2.75, 3.05) is 20.3 Å². The largest absolute Gasteiger partial charge is 0.550 e. The highest BCUT2D eigenvalue weighted by Crippen LogP contribution is 1.87. The molecule has 0 unspecified atom stereocenters. The van der Waals surface area contributed by atoms with Crippen LogP contribution in [0, 0.1) is 0 Å². The lowest BCUT2D eigenvalue weighted by Gasteiger charge is -2.00. The minimum absolute atomic E-state index is 0.0295. The molecule has 0 aliphatic rings. The van der Waals surface area contributed by atoms with E-state index in [9.17, 15) is 9.59 Å². The molecule has 0 atom stereocenters. The monoisotopic (exact) mass is 180 g/mol. The summed E-state index contributed by atoms with van der Waals surface area (Å²) >= 11 is 0. The Morgan fingerprint density at radius 2 is 1.92 bits per heavy atom. The molecule has 0 amide bonds. The molecule has 0 aliphatic heterocycles. The molecular weight excluding hydrogens is 172 g/mol. The third kappa shape index (κ3) is 6.62. The molecule has 0 aromatic heterocycles. The van der Waals surface area contributed by atoms with Crippen molar-refractivity contribution in [3.05, 3.63) is 0 Å². The summed E-state index contributed by atoms with van der Waals surface area (Å²) in [6.07, 6.45) is -2.95. The number of carbonyl (C=O) groups excluding carboxylic acids is 1. The highest BCUT2D eigenvalue weighted by molar-refractivity contribution is 5.62. The number of methoxy groups -OCH3 is 1. The van der Waals surface area contributed by atoms with Crippen LogP contribution >= 0.6 is 0 Å². The standard InChI is InChI=1S/C5H8O7/c1-9-2-3-10-5(8)12-11-4(6)7/h2-3H2,1H3,(H,6,7). The van der Waals surface area contributed by atoms with Crippen LogP contribution in [0.2, 0.25) is 0 Å². The molecule has 12 heavy (non-hydrogen) atoms. The molecule has 0 heterocycles. The van der Waals surface area contributed by atoms with Gasteiger partial charge in [-0.3, -0.25) is 0 Å². The number of hydrogen-bond acceptors (Lipinski definition) is 6. The summed E-state index contributed by atoms with van der Waals surface area (Å²) in [5.41, 5.74) is 0. The average Bonchev–Trinajstić information content (AvgIpc) is 2.01. The molecule has 1 N–H and O–H groups in total. The van der Waals surface area contributed by atoms with Gasteiger partial charge in [0.2, 0.25) is 0 Å². The second kappa shape index (κ2) is 6.23. The van der Waals surface area contributed by atoms with E-state index in [1.165, 1.54) is 7.11 Å². The Bertz CT molecular complexity index is 154. The number of carboxylic acid groups (broad SMARTS) is 1. The van der Waals surface area contributed by atoms with Crippen LogP contribution < -0.4 is 0 Å². The van der Waals surface area contributed by atoms with Gasteiger partial charge in [-0.1, -0.05) is 0 Å². The van der Waals surface area contributed by atoms with Gasteiger partial charge in [-0.15, -0.1) is 0 Å². The van der Waals surface area contributed by atoms with Gasteiger partial charge < -0.3 is 14.6 Å². The second-order valence-electron chi connectivity index (χ2n) is 1.52. The number of carbonyl (C=O) groups is 2. The Kier molecular flexibility index (Phi) is 5.45. The minimum atomic E-state index is -1.72. The zero-order valence-corrected chi connectivity index (χ0v) is 6.31. The lowest BCUT2D eigenvalue weighted by molar-refractivity contribution is -0.213. The molecule has 0 bridgehead atoms. The van der Waals surface area contributed by atoms with Crippen molar-refractivity contribution in [2.24, 2.45) is 0 Å². The summed E-state index contributed by atoms with van der Waals surface area (Å²) in [7, 11) is 1.42. The highest BCUT2D eigenvalue weighted by Gasteiger charge is 2.07. The zero-order valence-electron chi connectivity index (χ0n) is 6.31. The van der Waals surface area contributed by atoms with Crippen molar-refractivity contribution >= 4 is 12.3 Å². The highest BCUT2D eigenvalue weighted by atomic mass is 17.3. The lowest BCUT2D eigenvalue weighted by Crippen LogP contribution is -2.13. The fourth-order valence-electron chi connectivity index (χ4n) is 0.302. The molecule has 0 aromatic carbocycles.